The van der Waals surface area contributed by atoms with Gasteiger partial charge < -0.3 is 13.9 Å². The lowest BCUT2D eigenvalue weighted by Crippen LogP contribution is -2.24. The first-order valence-corrected chi connectivity index (χ1v) is 7.73. The van der Waals surface area contributed by atoms with Gasteiger partial charge in [0.1, 0.15) is 5.82 Å². The van der Waals surface area contributed by atoms with Crippen molar-refractivity contribution in [1.29, 1.82) is 0 Å². The van der Waals surface area contributed by atoms with Gasteiger partial charge in [-0.3, -0.25) is 4.90 Å². The number of hydrogen-bond acceptors (Lipinski definition) is 6. The van der Waals surface area contributed by atoms with Gasteiger partial charge >= 0.3 is 0 Å². The maximum Gasteiger partial charge on any atom is 0.283 e. The second-order valence-corrected chi connectivity index (χ2v) is 5.86. The van der Waals surface area contributed by atoms with Crippen molar-refractivity contribution >= 4 is 0 Å². The van der Waals surface area contributed by atoms with E-state index in [0.717, 1.165) is 5.56 Å². The van der Waals surface area contributed by atoms with E-state index in [-0.39, 0.29) is 11.9 Å². The summed E-state index contributed by atoms with van der Waals surface area (Å²) in [5.74, 6) is 1.02. The number of halogens is 1. The molecule has 0 radical (unpaired) electrons. The molecule has 0 aliphatic carbocycles. The van der Waals surface area contributed by atoms with Crippen LogP contribution < -0.4 is 0 Å². The number of aliphatic hydroxyl groups excluding tert-OH is 1. The molecule has 2 atom stereocenters. The van der Waals surface area contributed by atoms with Crippen LogP contribution in [0, 0.1) is 5.82 Å². The zero-order valence-electron chi connectivity index (χ0n) is 12.8. The highest BCUT2D eigenvalue weighted by Gasteiger charge is 2.33. The van der Waals surface area contributed by atoms with Crippen LogP contribution in [0.5, 0.6) is 0 Å². The number of nitrogens with zero attached hydrogens (tertiary/aromatic N) is 3. The number of benzene rings is 1. The van der Waals surface area contributed by atoms with E-state index in [2.05, 4.69) is 15.1 Å². The van der Waals surface area contributed by atoms with Gasteiger partial charge in [-0.1, -0.05) is 12.1 Å². The molecule has 1 aliphatic heterocycles. The Morgan fingerprint density at radius 2 is 2.04 bits per heavy atom. The van der Waals surface area contributed by atoms with Gasteiger partial charge in [0.05, 0.1) is 18.9 Å². The third kappa shape index (κ3) is 2.95. The van der Waals surface area contributed by atoms with Gasteiger partial charge in [-0.05, 0) is 36.2 Å². The van der Waals surface area contributed by atoms with Crippen LogP contribution in [0.3, 0.4) is 0 Å². The molecule has 7 heteroatoms. The Kier molecular flexibility index (Phi) is 3.87. The molecule has 0 bridgehead atoms. The minimum atomic E-state index is -0.437. The predicted molar refractivity (Wildman–Crippen MR) is 82.2 cm³/mol. The van der Waals surface area contributed by atoms with Crippen molar-refractivity contribution in [2.45, 2.75) is 25.1 Å². The zero-order chi connectivity index (χ0) is 16.5. The van der Waals surface area contributed by atoms with Crippen LogP contribution in [0.2, 0.25) is 0 Å². The first-order chi connectivity index (χ1) is 11.7. The largest absolute Gasteiger partial charge is 0.459 e. The normalized spacial score (nSPS) is 21.4. The van der Waals surface area contributed by atoms with Gasteiger partial charge in [-0.2, -0.15) is 0 Å². The van der Waals surface area contributed by atoms with Crippen molar-refractivity contribution in [3.05, 3.63) is 59.9 Å². The standard InChI is InChI=1S/C17H16FN3O3/c18-12-5-3-11(4-6-12)14-8-13(22)9-21(14)10-16-19-20-17(24-16)15-2-1-7-23-15/h1-7,13-14,22H,8-10H2. The number of aliphatic hydroxyl groups is 1. The summed E-state index contributed by atoms with van der Waals surface area (Å²) in [6, 6.07) is 9.83. The molecule has 6 nitrogen and oxygen atoms in total. The maximum atomic E-state index is 13.1. The molecule has 3 heterocycles. The average Bonchev–Trinajstić information content (AvgIpc) is 3.29. The Hall–Kier alpha value is -2.51. The van der Waals surface area contributed by atoms with E-state index in [4.69, 9.17) is 8.83 Å². The van der Waals surface area contributed by atoms with Crippen molar-refractivity contribution in [3.63, 3.8) is 0 Å². The van der Waals surface area contributed by atoms with Crippen LogP contribution in [-0.4, -0.2) is 32.9 Å². The third-order valence-corrected chi connectivity index (χ3v) is 4.17. The molecule has 2 aromatic heterocycles. The fraction of sp³-hybridized carbons (Fsp3) is 0.294. The van der Waals surface area contributed by atoms with E-state index in [9.17, 15) is 9.50 Å². The molecule has 0 spiro atoms. The highest BCUT2D eigenvalue weighted by molar-refractivity contribution is 5.42. The SMILES string of the molecule is OC1CC(c2ccc(F)cc2)N(Cc2nnc(-c3ccco3)o2)C1. The molecule has 124 valence electrons. The molecule has 0 amide bonds. The van der Waals surface area contributed by atoms with Crippen LogP contribution >= 0.6 is 0 Å². The smallest absolute Gasteiger partial charge is 0.283 e. The van der Waals surface area contributed by atoms with Crippen LogP contribution in [0.4, 0.5) is 4.39 Å². The van der Waals surface area contributed by atoms with E-state index in [1.54, 1.807) is 30.5 Å². The lowest BCUT2D eigenvalue weighted by atomic mass is 10.0. The number of furan rings is 1. The van der Waals surface area contributed by atoms with E-state index >= 15 is 0 Å². The minimum absolute atomic E-state index is 0.0143. The minimum Gasteiger partial charge on any atom is -0.459 e. The summed E-state index contributed by atoms with van der Waals surface area (Å²) < 4.78 is 24.0. The Balaban J connectivity index is 1.53. The number of rotatable bonds is 4. The van der Waals surface area contributed by atoms with Gasteiger partial charge in [0.15, 0.2) is 5.76 Å². The predicted octanol–water partition coefficient (Wildman–Crippen LogP) is 2.78. The zero-order valence-corrected chi connectivity index (χ0v) is 12.8. The fourth-order valence-corrected chi connectivity index (χ4v) is 3.08. The summed E-state index contributed by atoms with van der Waals surface area (Å²) in [7, 11) is 0. The van der Waals surface area contributed by atoms with Crippen molar-refractivity contribution in [3.8, 4) is 11.7 Å². The molecule has 24 heavy (non-hydrogen) atoms. The molecule has 1 aliphatic rings. The first-order valence-electron chi connectivity index (χ1n) is 7.73. The second kappa shape index (κ2) is 6.18. The molecule has 1 saturated heterocycles. The fourth-order valence-electron chi connectivity index (χ4n) is 3.08. The Morgan fingerprint density at radius 3 is 2.79 bits per heavy atom. The molecule has 1 N–H and O–H groups in total. The van der Waals surface area contributed by atoms with Crippen molar-refractivity contribution in [2.24, 2.45) is 0 Å². The van der Waals surface area contributed by atoms with Gasteiger partial charge in [-0.15, -0.1) is 10.2 Å². The summed E-state index contributed by atoms with van der Waals surface area (Å²) in [4.78, 5) is 2.05. The summed E-state index contributed by atoms with van der Waals surface area (Å²) in [5, 5.41) is 18.0. The van der Waals surface area contributed by atoms with Crippen LogP contribution in [0.15, 0.2) is 51.5 Å². The molecule has 0 saturated carbocycles. The van der Waals surface area contributed by atoms with Gasteiger partial charge in [0.2, 0.25) is 5.89 Å². The topological polar surface area (TPSA) is 75.5 Å². The van der Waals surface area contributed by atoms with Crippen LogP contribution in [0.25, 0.3) is 11.7 Å². The van der Waals surface area contributed by atoms with Crippen molar-refractivity contribution < 1.29 is 18.3 Å². The number of β-amino-alcohol motifs (C(OH)–C–C–N with tert-alkyl or cyclic N) is 1. The molecular weight excluding hydrogens is 313 g/mol. The van der Waals surface area contributed by atoms with Gasteiger partial charge in [0.25, 0.3) is 5.89 Å². The van der Waals surface area contributed by atoms with E-state index in [0.29, 0.717) is 37.1 Å². The highest BCUT2D eigenvalue weighted by Crippen LogP contribution is 2.33. The Morgan fingerprint density at radius 1 is 1.21 bits per heavy atom. The van der Waals surface area contributed by atoms with E-state index < -0.39 is 6.10 Å². The van der Waals surface area contributed by atoms with Crippen LogP contribution in [0.1, 0.15) is 23.9 Å². The first kappa shape index (κ1) is 15.0. The summed E-state index contributed by atoms with van der Waals surface area (Å²) in [6.45, 7) is 0.910. The molecule has 1 aromatic carbocycles. The van der Waals surface area contributed by atoms with Gasteiger partial charge in [-0.25, -0.2) is 4.39 Å². The summed E-state index contributed by atoms with van der Waals surface area (Å²) in [5.41, 5.74) is 0.957. The number of likely N-dealkylation sites (tertiary alicyclic amines) is 1. The van der Waals surface area contributed by atoms with E-state index in [1.165, 1.54) is 12.1 Å². The highest BCUT2D eigenvalue weighted by atomic mass is 19.1. The molecule has 4 rings (SSSR count). The number of aromatic nitrogens is 2. The average molecular weight is 329 g/mol. The molecule has 3 aromatic rings. The lowest BCUT2D eigenvalue weighted by Gasteiger charge is -2.22. The molecule has 1 fully saturated rings. The maximum absolute atomic E-state index is 13.1. The third-order valence-electron chi connectivity index (χ3n) is 4.17. The summed E-state index contributed by atoms with van der Waals surface area (Å²) >= 11 is 0. The summed E-state index contributed by atoms with van der Waals surface area (Å²) in [6.07, 6.45) is 1.69. The number of hydrogen-bond donors (Lipinski definition) is 1. The second-order valence-electron chi connectivity index (χ2n) is 5.86. The lowest BCUT2D eigenvalue weighted by molar-refractivity contribution is 0.167. The van der Waals surface area contributed by atoms with E-state index in [1.807, 2.05) is 0 Å². The Labute approximate surface area is 137 Å². The van der Waals surface area contributed by atoms with Crippen LogP contribution in [-0.2, 0) is 6.54 Å². The van der Waals surface area contributed by atoms with Crippen molar-refractivity contribution in [2.75, 3.05) is 6.54 Å². The quantitative estimate of drug-likeness (QED) is 0.793. The molecular formula is C17H16FN3O3. The Bertz CT molecular complexity index is 801. The van der Waals surface area contributed by atoms with Gasteiger partial charge in [0, 0.05) is 12.6 Å². The molecule has 2 unspecified atom stereocenters. The van der Waals surface area contributed by atoms with Crippen molar-refractivity contribution in [1.82, 2.24) is 15.1 Å². The monoisotopic (exact) mass is 329 g/mol.